The molecule has 0 bridgehead atoms. The molecule has 30 heavy (non-hydrogen) atoms. The van der Waals surface area contributed by atoms with Gasteiger partial charge in [-0.1, -0.05) is 0 Å². The Morgan fingerprint density at radius 1 is 1.27 bits per heavy atom. The van der Waals surface area contributed by atoms with Gasteiger partial charge in [-0.2, -0.15) is 18.3 Å². The Balaban J connectivity index is 1.82. The topological polar surface area (TPSA) is 90.7 Å². The molecule has 3 aromatic rings. The number of halogens is 4. The second-order valence-electron chi connectivity index (χ2n) is 6.88. The lowest BCUT2D eigenvalue weighted by atomic mass is 10.1. The normalized spacial score (nSPS) is 16.9. The van der Waals surface area contributed by atoms with Crippen LogP contribution < -0.4 is 5.84 Å². The number of hydrazone groups is 1. The fraction of sp³-hybridized carbons (Fsp3) is 0.368. The number of hydrogen-bond donors (Lipinski definition) is 1. The van der Waals surface area contributed by atoms with Gasteiger partial charge >= 0.3 is 6.18 Å². The first-order chi connectivity index (χ1) is 14.4. The third-order valence-corrected chi connectivity index (χ3v) is 4.98. The van der Waals surface area contributed by atoms with Gasteiger partial charge in [0.15, 0.2) is 5.71 Å². The summed E-state index contributed by atoms with van der Waals surface area (Å²) in [6.45, 7) is 0.961. The lowest BCUT2D eigenvalue weighted by Gasteiger charge is -2.26. The highest BCUT2D eigenvalue weighted by Gasteiger charge is 2.34. The molecule has 2 N–H and O–H groups in total. The lowest BCUT2D eigenvalue weighted by molar-refractivity contribution is -0.0566. The molecule has 0 spiro atoms. The maximum atomic E-state index is 14.0. The third kappa shape index (κ3) is 3.84. The van der Waals surface area contributed by atoms with E-state index in [2.05, 4.69) is 20.1 Å². The number of ether oxygens (including phenoxy) is 1. The SMILES string of the molecule is NN=C(C=NCc1nc2cnc3ccc(F)cc3c2n1C1CCOCC1)C(F)(F)F. The Labute approximate surface area is 168 Å². The smallest absolute Gasteiger partial charge is 0.381 e. The number of rotatable bonds is 4. The number of imidazole rings is 1. The van der Waals surface area contributed by atoms with Gasteiger partial charge in [-0.25, -0.2) is 9.37 Å². The van der Waals surface area contributed by atoms with Crippen LogP contribution in [0.5, 0.6) is 0 Å². The van der Waals surface area contributed by atoms with Crippen LogP contribution in [-0.2, 0) is 11.3 Å². The van der Waals surface area contributed by atoms with Crippen molar-refractivity contribution in [3.63, 3.8) is 0 Å². The maximum Gasteiger partial charge on any atom is 0.436 e. The molecule has 2 aromatic heterocycles. The highest BCUT2D eigenvalue weighted by atomic mass is 19.4. The zero-order chi connectivity index (χ0) is 21.3. The van der Waals surface area contributed by atoms with Crippen molar-refractivity contribution in [2.45, 2.75) is 31.6 Å². The molecule has 1 aliphatic rings. The number of benzene rings is 1. The number of nitrogens with zero attached hydrogens (tertiary/aromatic N) is 5. The number of nitrogens with two attached hydrogens (primary N) is 1. The van der Waals surface area contributed by atoms with Crippen molar-refractivity contribution in [1.29, 1.82) is 0 Å². The molecule has 1 fully saturated rings. The number of aromatic nitrogens is 3. The molecule has 0 atom stereocenters. The lowest BCUT2D eigenvalue weighted by Crippen LogP contribution is -2.26. The van der Waals surface area contributed by atoms with Crippen LogP contribution in [-0.4, -0.2) is 45.9 Å². The van der Waals surface area contributed by atoms with E-state index >= 15 is 0 Å². The van der Waals surface area contributed by atoms with E-state index in [1.807, 2.05) is 4.57 Å². The van der Waals surface area contributed by atoms with E-state index in [4.69, 9.17) is 10.6 Å². The fourth-order valence-corrected chi connectivity index (χ4v) is 3.64. The predicted molar refractivity (Wildman–Crippen MR) is 104 cm³/mol. The van der Waals surface area contributed by atoms with Crippen molar-refractivity contribution in [3.8, 4) is 0 Å². The molecule has 0 saturated carbocycles. The number of fused-ring (bicyclic) bond motifs is 3. The summed E-state index contributed by atoms with van der Waals surface area (Å²) in [5.74, 6) is 4.86. The van der Waals surface area contributed by atoms with Crippen LogP contribution in [0.4, 0.5) is 17.6 Å². The van der Waals surface area contributed by atoms with Crippen LogP contribution in [0.25, 0.3) is 21.9 Å². The first-order valence-electron chi connectivity index (χ1n) is 9.26. The van der Waals surface area contributed by atoms with Gasteiger partial charge < -0.3 is 15.1 Å². The monoisotopic (exact) mass is 422 g/mol. The standard InChI is InChI=1S/C19H18F4N6O/c20-11-1-2-14-13(7-11)18-15(8-26-14)27-17(29(18)12-3-5-30-6-4-12)10-25-9-16(28-24)19(21,22)23/h1-2,7-9,12H,3-6,10,24H2. The molecule has 0 aliphatic carbocycles. The van der Waals surface area contributed by atoms with Crippen molar-refractivity contribution < 1.29 is 22.3 Å². The summed E-state index contributed by atoms with van der Waals surface area (Å²) < 4.78 is 59.8. The van der Waals surface area contributed by atoms with Gasteiger partial charge in [0.25, 0.3) is 0 Å². The molecule has 0 unspecified atom stereocenters. The number of pyridine rings is 1. The summed E-state index contributed by atoms with van der Waals surface area (Å²) in [5, 5.41) is 3.33. The molecule has 3 heterocycles. The number of aliphatic imine (C=N–C) groups is 1. The average molecular weight is 422 g/mol. The van der Waals surface area contributed by atoms with Crippen molar-refractivity contribution in [3.05, 3.63) is 36.0 Å². The van der Waals surface area contributed by atoms with Crippen LogP contribution >= 0.6 is 0 Å². The Hall–Kier alpha value is -3.08. The van der Waals surface area contributed by atoms with Crippen LogP contribution in [0, 0.1) is 5.82 Å². The van der Waals surface area contributed by atoms with Crippen LogP contribution in [0.2, 0.25) is 0 Å². The number of alkyl halides is 3. The predicted octanol–water partition coefficient (Wildman–Crippen LogP) is 3.52. The van der Waals surface area contributed by atoms with E-state index in [9.17, 15) is 17.6 Å². The van der Waals surface area contributed by atoms with E-state index < -0.39 is 17.7 Å². The van der Waals surface area contributed by atoms with Gasteiger partial charge in [0.2, 0.25) is 0 Å². The summed E-state index contributed by atoms with van der Waals surface area (Å²) in [4.78, 5) is 12.7. The van der Waals surface area contributed by atoms with Gasteiger partial charge in [-0.05, 0) is 31.0 Å². The first-order valence-corrected chi connectivity index (χ1v) is 9.26. The number of hydrogen-bond acceptors (Lipinski definition) is 6. The first kappa shape index (κ1) is 20.2. The molecule has 0 amide bonds. The largest absolute Gasteiger partial charge is 0.436 e. The van der Waals surface area contributed by atoms with Crippen molar-refractivity contribution in [2.75, 3.05) is 13.2 Å². The second-order valence-corrected chi connectivity index (χ2v) is 6.88. The minimum absolute atomic E-state index is 0.00641. The summed E-state index contributed by atoms with van der Waals surface area (Å²) in [6.07, 6.45) is -1.15. The minimum Gasteiger partial charge on any atom is -0.381 e. The van der Waals surface area contributed by atoms with Gasteiger partial charge in [0, 0.05) is 24.6 Å². The summed E-state index contributed by atoms with van der Waals surface area (Å²) in [5.41, 5.74) is 0.515. The zero-order valence-electron chi connectivity index (χ0n) is 15.7. The highest BCUT2D eigenvalue weighted by molar-refractivity contribution is 6.33. The summed E-state index contributed by atoms with van der Waals surface area (Å²) in [7, 11) is 0. The average Bonchev–Trinajstić information content (AvgIpc) is 3.09. The Bertz CT molecular complexity index is 1130. The molecule has 7 nitrogen and oxygen atoms in total. The summed E-state index contributed by atoms with van der Waals surface area (Å²) in [6, 6.07) is 4.29. The van der Waals surface area contributed by atoms with Crippen LogP contribution in [0.15, 0.2) is 34.5 Å². The van der Waals surface area contributed by atoms with E-state index in [1.54, 1.807) is 12.3 Å². The summed E-state index contributed by atoms with van der Waals surface area (Å²) >= 11 is 0. The Kier molecular flexibility index (Phi) is 5.37. The van der Waals surface area contributed by atoms with Crippen molar-refractivity contribution in [2.24, 2.45) is 15.9 Å². The Morgan fingerprint density at radius 2 is 2.03 bits per heavy atom. The molecule has 11 heteroatoms. The Morgan fingerprint density at radius 3 is 2.73 bits per heavy atom. The third-order valence-electron chi connectivity index (χ3n) is 4.98. The van der Waals surface area contributed by atoms with Crippen molar-refractivity contribution >= 4 is 33.9 Å². The second kappa shape index (κ2) is 7.98. The van der Waals surface area contributed by atoms with Crippen molar-refractivity contribution in [1.82, 2.24) is 14.5 Å². The van der Waals surface area contributed by atoms with E-state index in [1.165, 1.54) is 12.1 Å². The van der Waals surface area contributed by atoms with E-state index in [0.717, 1.165) is 0 Å². The molecular formula is C19H18F4N6O. The molecule has 1 aliphatic heterocycles. The maximum absolute atomic E-state index is 14.0. The molecule has 1 saturated heterocycles. The van der Waals surface area contributed by atoms with Crippen LogP contribution in [0.1, 0.15) is 24.7 Å². The minimum atomic E-state index is -4.70. The molecule has 1 aromatic carbocycles. The fourth-order valence-electron chi connectivity index (χ4n) is 3.64. The molecular weight excluding hydrogens is 404 g/mol. The van der Waals surface area contributed by atoms with E-state index in [-0.39, 0.29) is 12.6 Å². The zero-order valence-corrected chi connectivity index (χ0v) is 15.7. The quantitative estimate of drug-likeness (QED) is 0.301. The van der Waals surface area contributed by atoms with Gasteiger partial charge in [-0.3, -0.25) is 9.98 Å². The van der Waals surface area contributed by atoms with E-state index in [0.29, 0.717) is 60.0 Å². The molecule has 158 valence electrons. The van der Waals surface area contributed by atoms with Crippen LogP contribution in [0.3, 0.4) is 0 Å². The molecule has 4 rings (SSSR count). The van der Waals surface area contributed by atoms with Gasteiger partial charge in [0.05, 0.1) is 30.0 Å². The molecule has 0 radical (unpaired) electrons. The van der Waals surface area contributed by atoms with Gasteiger partial charge in [0.1, 0.15) is 17.2 Å². The highest BCUT2D eigenvalue weighted by Crippen LogP contribution is 2.32. The van der Waals surface area contributed by atoms with Gasteiger partial charge in [-0.15, -0.1) is 0 Å².